The van der Waals surface area contributed by atoms with Gasteiger partial charge in [-0.2, -0.15) is 5.26 Å². The lowest BCUT2D eigenvalue weighted by atomic mass is 10.2. The quantitative estimate of drug-likeness (QED) is 0.689. The van der Waals surface area contributed by atoms with Gasteiger partial charge < -0.3 is 0 Å². The minimum Gasteiger partial charge on any atom is -0.241 e. The zero-order chi connectivity index (χ0) is 8.97. The fraction of sp³-hybridized carbons (Fsp3) is 0.250. The molecule has 0 saturated heterocycles. The smallest absolute Gasteiger partial charge is 0.141 e. The Balaban J connectivity index is 3.12. The molecule has 0 aliphatic heterocycles. The molecule has 0 atom stereocenters. The van der Waals surface area contributed by atoms with Crippen LogP contribution in [0.5, 0.6) is 0 Å². The molecule has 2 nitrogen and oxygen atoms in total. The number of alkyl halides is 2. The van der Waals surface area contributed by atoms with Crippen LogP contribution in [0.25, 0.3) is 0 Å². The first-order chi connectivity index (χ1) is 5.80. The minimum atomic E-state index is 0.305. The monoisotopic (exact) mass is 200 g/mol. The molecule has 0 saturated carbocycles. The van der Waals surface area contributed by atoms with Gasteiger partial charge in [-0.05, 0) is 17.7 Å². The number of hydrogen-bond acceptors (Lipinski definition) is 2. The zero-order valence-electron chi connectivity index (χ0n) is 6.22. The van der Waals surface area contributed by atoms with Crippen molar-refractivity contribution < 1.29 is 0 Å². The molecule has 4 heteroatoms. The topological polar surface area (TPSA) is 36.7 Å². The molecular formula is C8H6Cl2N2. The maximum absolute atomic E-state index is 8.58. The van der Waals surface area contributed by atoms with Gasteiger partial charge in [-0.3, -0.25) is 0 Å². The van der Waals surface area contributed by atoms with E-state index in [4.69, 9.17) is 28.5 Å². The van der Waals surface area contributed by atoms with E-state index in [0.29, 0.717) is 23.1 Å². The Morgan fingerprint density at radius 2 is 2.08 bits per heavy atom. The van der Waals surface area contributed by atoms with E-state index in [1.165, 1.54) is 0 Å². The van der Waals surface area contributed by atoms with Crippen LogP contribution in [0.15, 0.2) is 12.1 Å². The second-order valence-electron chi connectivity index (χ2n) is 2.23. The number of aromatic nitrogens is 1. The van der Waals surface area contributed by atoms with Crippen molar-refractivity contribution in [1.29, 1.82) is 5.26 Å². The first-order valence-corrected chi connectivity index (χ1v) is 4.39. The van der Waals surface area contributed by atoms with Gasteiger partial charge in [0.2, 0.25) is 0 Å². The van der Waals surface area contributed by atoms with Gasteiger partial charge in [0.25, 0.3) is 0 Å². The van der Waals surface area contributed by atoms with Crippen molar-refractivity contribution in [3.8, 4) is 6.07 Å². The lowest BCUT2D eigenvalue weighted by Gasteiger charge is -1.99. The average Bonchev–Trinajstić information content (AvgIpc) is 2.16. The number of halogens is 2. The molecule has 1 heterocycles. The summed E-state index contributed by atoms with van der Waals surface area (Å²) in [6, 6.07) is 5.40. The first-order valence-electron chi connectivity index (χ1n) is 3.32. The molecule has 0 aliphatic carbocycles. The van der Waals surface area contributed by atoms with E-state index in [0.717, 1.165) is 5.56 Å². The van der Waals surface area contributed by atoms with E-state index >= 15 is 0 Å². The van der Waals surface area contributed by atoms with Crippen LogP contribution in [0.3, 0.4) is 0 Å². The highest BCUT2D eigenvalue weighted by atomic mass is 35.5. The predicted molar refractivity (Wildman–Crippen MR) is 48.1 cm³/mol. The average molecular weight is 201 g/mol. The fourth-order valence-electron chi connectivity index (χ4n) is 0.853. The van der Waals surface area contributed by atoms with E-state index in [1.807, 2.05) is 6.07 Å². The number of hydrogen-bond donors (Lipinski definition) is 0. The Labute approximate surface area is 80.7 Å². The van der Waals surface area contributed by atoms with E-state index in [1.54, 1.807) is 12.1 Å². The zero-order valence-corrected chi connectivity index (χ0v) is 7.73. The van der Waals surface area contributed by atoms with Gasteiger partial charge >= 0.3 is 0 Å². The lowest BCUT2D eigenvalue weighted by Crippen LogP contribution is -1.92. The molecule has 0 unspecified atom stereocenters. The van der Waals surface area contributed by atoms with Gasteiger partial charge in [0.15, 0.2) is 0 Å². The van der Waals surface area contributed by atoms with Gasteiger partial charge in [0.1, 0.15) is 11.8 Å². The summed E-state index contributed by atoms with van der Waals surface area (Å²) in [6.45, 7) is 0. The van der Waals surface area contributed by atoms with Crippen LogP contribution in [-0.4, -0.2) is 4.98 Å². The Morgan fingerprint density at radius 3 is 2.58 bits per heavy atom. The van der Waals surface area contributed by atoms with Crippen LogP contribution in [-0.2, 0) is 11.8 Å². The maximum atomic E-state index is 8.58. The van der Waals surface area contributed by atoms with E-state index < -0.39 is 0 Å². The fourth-order valence-corrected chi connectivity index (χ4v) is 1.14. The van der Waals surface area contributed by atoms with Crippen LogP contribution in [0.4, 0.5) is 0 Å². The highest BCUT2D eigenvalue weighted by Crippen LogP contribution is 2.09. The molecular weight excluding hydrogens is 195 g/mol. The molecule has 0 amide bonds. The Morgan fingerprint density at radius 1 is 1.33 bits per heavy atom. The normalized spacial score (nSPS) is 9.42. The Bertz CT molecular complexity index is 295. The number of nitrogens with zero attached hydrogens (tertiary/aromatic N) is 2. The predicted octanol–water partition coefficient (Wildman–Crippen LogP) is 2.43. The van der Waals surface area contributed by atoms with Crippen molar-refractivity contribution in [1.82, 2.24) is 4.98 Å². The van der Waals surface area contributed by atoms with Crippen LogP contribution < -0.4 is 0 Å². The summed E-state index contributed by atoms with van der Waals surface area (Å²) in [5.74, 6) is 0.681. The van der Waals surface area contributed by atoms with Gasteiger partial charge in [-0.25, -0.2) is 4.98 Å². The largest absolute Gasteiger partial charge is 0.241 e. The number of rotatable bonds is 2. The summed E-state index contributed by atoms with van der Waals surface area (Å²) in [7, 11) is 0. The van der Waals surface area contributed by atoms with Gasteiger partial charge in [-0.15, -0.1) is 23.2 Å². The highest BCUT2D eigenvalue weighted by Gasteiger charge is 2.00. The highest BCUT2D eigenvalue weighted by molar-refractivity contribution is 6.17. The maximum Gasteiger partial charge on any atom is 0.141 e. The molecule has 0 radical (unpaired) electrons. The van der Waals surface area contributed by atoms with Crippen LogP contribution >= 0.6 is 23.2 Å². The van der Waals surface area contributed by atoms with Crippen LogP contribution in [0, 0.1) is 11.3 Å². The summed E-state index contributed by atoms with van der Waals surface area (Å²) in [5, 5.41) is 8.58. The summed E-state index contributed by atoms with van der Waals surface area (Å²) >= 11 is 11.2. The second-order valence-corrected chi connectivity index (χ2v) is 2.77. The molecule has 0 fully saturated rings. The number of pyridine rings is 1. The molecule has 62 valence electrons. The molecule has 1 aromatic heterocycles. The molecule has 0 bridgehead atoms. The molecule has 0 N–H and O–H groups in total. The summed E-state index contributed by atoms with van der Waals surface area (Å²) in [4.78, 5) is 3.97. The van der Waals surface area contributed by atoms with Crippen molar-refractivity contribution in [2.45, 2.75) is 11.8 Å². The van der Waals surface area contributed by atoms with Crippen molar-refractivity contribution in [3.05, 3.63) is 29.1 Å². The third-order valence-electron chi connectivity index (χ3n) is 1.34. The molecule has 1 rings (SSSR count). The second kappa shape index (κ2) is 4.30. The SMILES string of the molecule is N#Cc1cc(CCl)cc(CCl)n1. The summed E-state index contributed by atoms with van der Waals surface area (Å²) in [6.07, 6.45) is 0. The minimum absolute atomic E-state index is 0.305. The third kappa shape index (κ3) is 2.10. The molecule has 0 aliphatic rings. The van der Waals surface area contributed by atoms with Crippen LogP contribution in [0.2, 0.25) is 0 Å². The van der Waals surface area contributed by atoms with Crippen molar-refractivity contribution in [2.75, 3.05) is 0 Å². The molecule has 0 aromatic carbocycles. The van der Waals surface area contributed by atoms with Gasteiger partial charge in [0, 0.05) is 5.88 Å². The number of nitriles is 1. The lowest BCUT2D eigenvalue weighted by molar-refractivity contribution is 1.11. The standard InChI is InChI=1S/C8H6Cl2N2/c9-3-6-1-7(4-10)12-8(2-6)5-11/h1-2H,3-4H2. The Kier molecular flexibility index (Phi) is 3.33. The van der Waals surface area contributed by atoms with Crippen molar-refractivity contribution in [2.24, 2.45) is 0 Å². The van der Waals surface area contributed by atoms with Crippen LogP contribution in [0.1, 0.15) is 17.0 Å². The van der Waals surface area contributed by atoms with Gasteiger partial charge in [-0.1, -0.05) is 0 Å². The van der Waals surface area contributed by atoms with Crippen molar-refractivity contribution in [3.63, 3.8) is 0 Å². The summed E-state index contributed by atoms with van der Waals surface area (Å²) < 4.78 is 0. The summed E-state index contributed by atoms with van der Waals surface area (Å²) in [5.41, 5.74) is 1.93. The van der Waals surface area contributed by atoms with E-state index in [2.05, 4.69) is 4.98 Å². The molecule has 0 spiro atoms. The van der Waals surface area contributed by atoms with E-state index in [-0.39, 0.29) is 0 Å². The first kappa shape index (κ1) is 9.31. The molecule has 12 heavy (non-hydrogen) atoms. The molecule has 1 aromatic rings. The Hall–Kier alpha value is -0.780. The van der Waals surface area contributed by atoms with E-state index in [9.17, 15) is 0 Å². The van der Waals surface area contributed by atoms with Crippen molar-refractivity contribution >= 4 is 23.2 Å². The van der Waals surface area contributed by atoms with Gasteiger partial charge in [0.05, 0.1) is 11.6 Å². The third-order valence-corrected chi connectivity index (χ3v) is 1.93.